The summed E-state index contributed by atoms with van der Waals surface area (Å²) in [5, 5.41) is 10.7. The number of hydrogen-bond donors (Lipinski definition) is 2. The molecule has 0 atom stereocenters. The molecule has 0 aliphatic heterocycles. The molecular weight excluding hydrogens is 259 g/mol. The van der Waals surface area contributed by atoms with E-state index in [1.54, 1.807) is 18.3 Å². The minimum Gasteiger partial charge on any atom is -0.277 e. The molecule has 6 heteroatoms. The number of carbonyl (C=O) groups is 1. The predicted octanol–water partition coefficient (Wildman–Crippen LogP) is 2.08. The monoisotopic (exact) mass is 272 g/mol. The standard InChI is InChI=1S/C14H13FN4O/c15-12-5-3-9(4-6-12)13-11(7-16-18-13)8-17-19-14(20)10-1-2-10/h3-8,10H,1-2H2,(H,16,18)(H,19,20)/b17-8+. The number of nitrogens with zero attached hydrogens (tertiary/aromatic N) is 2. The zero-order valence-corrected chi connectivity index (χ0v) is 10.6. The van der Waals surface area contributed by atoms with Gasteiger partial charge in [0.15, 0.2) is 0 Å². The van der Waals surface area contributed by atoms with E-state index in [9.17, 15) is 9.18 Å². The molecule has 1 amide bonds. The summed E-state index contributed by atoms with van der Waals surface area (Å²) in [5.41, 5.74) is 4.76. The highest BCUT2D eigenvalue weighted by Crippen LogP contribution is 2.28. The maximum absolute atomic E-state index is 12.9. The molecule has 0 bridgehead atoms. The van der Waals surface area contributed by atoms with Crippen LogP contribution in [0.1, 0.15) is 18.4 Å². The van der Waals surface area contributed by atoms with Gasteiger partial charge in [-0.05, 0) is 37.1 Å². The number of rotatable bonds is 4. The van der Waals surface area contributed by atoms with E-state index in [1.807, 2.05) is 0 Å². The molecule has 0 saturated heterocycles. The van der Waals surface area contributed by atoms with Gasteiger partial charge >= 0.3 is 0 Å². The number of halogens is 1. The zero-order chi connectivity index (χ0) is 13.9. The molecule has 5 nitrogen and oxygen atoms in total. The minimum atomic E-state index is -0.292. The van der Waals surface area contributed by atoms with Crippen LogP contribution in [0.3, 0.4) is 0 Å². The topological polar surface area (TPSA) is 70.1 Å². The van der Waals surface area contributed by atoms with Crippen LogP contribution in [0.15, 0.2) is 35.6 Å². The third-order valence-electron chi connectivity index (χ3n) is 3.13. The van der Waals surface area contributed by atoms with Crippen LogP contribution in [-0.4, -0.2) is 22.3 Å². The van der Waals surface area contributed by atoms with E-state index in [0.717, 1.165) is 29.7 Å². The molecule has 1 heterocycles. The highest BCUT2D eigenvalue weighted by atomic mass is 19.1. The van der Waals surface area contributed by atoms with Crippen molar-refractivity contribution in [1.29, 1.82) is 0 Å². The second-order valence-corrected chi connectivity index (χ2v) is 4.72. The van der Waals surface area contributed by atoms with Gasteiger partial charge in [-0.1, -0.05) is 0 Å². The second kappa shape index (κ2) is 5.24. The summed E-state index contributed by atoms with van der Waals surface area (Å²) in [5.74, 6) is -0.221. The third-order valence-corrected chi connectivity index (χ3v) is 3.13. The average molecular weight is 272 g/mol. The van der Waals surface area contributed by atoms with E-state index < -0.39 is 0 Å². The smallest absolute Gasteiger partial charge is 0.243 e. The summed E-state index contributed by atoms with van der Waals surface area (Å²) in [4.78, 5) is 11.4. The van der Waals surface area contributed by atoms with Gasteiger partial charge in [0, 0.05) is 17.0 Å². The summed E-state index contributed by atoms with van der Waals surface area (Å²) in [6.45, 7) is 0. The number of aromatic amines is 1. The van der Waals surface area contributed by atoms with Gasteiger partial charge in [-0.15, -0.1) is 0 Å². The molecule has 2 aromatic rings. The highest BCUT2D eigenvalue weighted by Gasteiger charge is 2.29. The van der Waals surface area contributed by atoms with E-state index in [1.165, 1.54) is 18.3 Å². The maximum Gasteiger partial charge on any atom is 0.243 e. The first-order chi connectivity index (χ1) is 9.74. The van der Waals surface area contributed by atoms with Crippen LogP contribution in [0.5, 0.6) is 0 Å². The Morgan fingerprint density at radius 1 is 1.40 bits per heavy atom. The number of amides is 1. The van der Waals surface area contributed by atoms with Gasteiger partial charge in [-0.3, -0.25) is 9.89 Å². The number of hydrogen-bond acceptors (Lipinski definition) is 3. The minimum absolute atomic E-state index is 0.0481. The van der Waals surface area contributed by atoms with Gasteiger partial charge in [-0.2, -0.15) is 10.2 Å². The normalized spacial score (nSPS) is 14.7. The van der Waals surface area contributed by atoms with Crippen molar-refractivity contribution in [3.8, 4) is 11.3 Å². The van der Waals surface area contributed by atoms with Crippen molar-refractivity contribution >= 4 is 12.1 Å². The largest absolute Gasteiger partial charge is 0.277 e. The van der Waals surface area contributed by atoms with Gasteiger partial charge in [0.2, 0.25) is 5.91 Å². The number of aromatic nitrogens is 2. The number of carbonyl (C=O) groups excluding carboxylic acids is 1. The van der Waals surface area contributed by atoms with Crippen molar-refractivity contribution in [2.24, 2.45) is 11.0 Å². The Kier molecular flexibility index (Phi) is 3.28. The second-order valence-electron chi connectivity index (χ2n) is 4.72. The van der Waals surface area contributed by atoms with Crippen molar-refractivity contribution in [2.45, 2.75) is 12.8 Å². The molecule has 1 aliphatic rings. The first kappa shape index (κ1) is 12.5. The lowest BCUT2D eigenvalue weighted by Crippen LogP contribution is -2.18. The predicted molar refractivity (Wildman–Crippen MR) is 72.4 cm³/mol. The lowest BCUT2D eigenvalue weighted by atomic mass is 10.1. The van der Waals surface area contributed by atoms with Crippen molar-refractivity contribution in [3.63, 3.8) is 0 Å². The van der Waals surface area contributed by atoms with Crippen LogP contribution >= 0.6 is 0 Å². The van der Waals surface area contributed by atoms with Crippen LogP contribution in [0, 0.1) is 11.7 Å². The quantitative estimate of drug-likeness (QED) is 0.660. The number of benzene rings is 1. The Morgan fingerprint density at radius 3 is 2.85 bits per heavy atom. The fourth-order valence-electron chi connectivity index (χ4n) is 1.84. The molecule has 0 unspecified atom stereocenters. The summed E-state index contributed by atoms with van der Waals surface area (Å²) in [7, 11) is 0. The zero-order valence-electron chi connectivity index (χ0n) is 10.6. The van der Waals surface area contributed by atoms with E-state index in [4.69, 9.17) is 0 Å². The molecule has 1 saturated carbocycles. The van der Waals surface area contributed by atoms with Crippen molar-refractivity contribution < 1.29 is 9.18 Å². The van der Waals surface area contributed by atoms with Crippen LogP contribution in [0.4, 0.5) is 4.39 Å². The van der Waals surface area contributed by atoms with E-state index in [0.29, 0.717) is 0 Å². The molecule has 1 aromatic carbocycles. The maximum atomic E-state index is 12.9. The van der Waals surface area contributed by atoms with Gasteiger partial charge in [-0.25, -0.2) is 9.82 Å². The van der Waals surface area contributed by atoms with E-state index in [-0.39, 0.29) is 17.6 Å². The molecule has 1 aromatic heterocycles. The molecule has 0 spiro atoms. The number of H-pyrrole nitrogens is 1. The molecule has 3 rings (SSSR count). The number of nitrogens with one attached hydrogen (secondary N) is 2. The van der Waals surface area contributed by atoms with Crippen molar-refractivity contribution in [2.75, 3.05) is 0 Å². The Hall–Kier alpha value is -2.50. The fourth-order valence-corrected chi connectivity index (χ4v) is 1.84. The van der Waals surface area contributed by atoms with Gasteiger partial charge in [0.05, 0.1) is 18.1 Å². The molecule has 102 valence electrons. The first-order valence-electron chi connectivity index (χ1n) is 6.36. The molecule has 2 N–H and O–H groups in total. The number of hydrazone groups is 1. The molecule has 20 heavy (non-hydrogen) atoms. The Balaban J connectivity index is 1.74. The Labute approximate surface area is 114 Å². The van der Waals surface area contributed by atoms with Crippen LogP contribution in [0.2, 0.25) is 0 Å². The van der Waals surface area contributed by atoms with Gasteiger partial charge < -0.3 is 0 Å². The average Bonchev–Trinajstić information content (AvgIpc) is 3.20. The SMILES string of the molecule is O=C(N/N=C/c1cn[nH]c1-c1ccc(F)cc1)C1CC1. The first-order valence-corrected chi connectivity index (χ1v) is 6.36. The molecular formula is C14H13FN4O. The molecule has 1 aliphatic carbocycles. The fraction of sp³-hybridized carbons (Fsp3) is 0.214. The highest BCUT2D eigenvalue weighted by molar-refractivity contribution is 5.89. The van der Waals surface area contributed by atoms with E-state index >= 15 is 0 Å². The molecule has 1 fully saturated rings. The summed E-state index contributed by atoms with van der Waals surface area (Å²) in [6, 6.07) is 6.07. The van der Waals surface area contributed by atoms with Crippen LogP contribution < -0.4 is 5.43 Å². The third kappa shape index (κ3) is 2.74. The van der Waals surface area contributed by atoms with Crippen LogP contribution in [0.25, 0.3) is 11.3 Å². The van der Waals surface area contributed by atoms with Crippen molar-refractivity contribution in [3.05, 3.63) is 41.8 Å². The van der Waals surface area contributed by atoms with E-state index in [2.05, 4.69) is 20.7 Å². The molecule has 0 radical (unpaired) electrons. The summed E-state index contributed by atoms with van der Waals surface area (Å²) < 4.78 is 12.9. The van der Waals surface area contributed by atoms with Crippen LogP contribution in [-0.2, 0) is 4.79 Å². The Bertz CT molecular complexity index is 643. The lowest BCUT2D eigenvalue weighted by Gasteiger charge is -2.00. The Morgan fingerprint density at radius 2 is 2.15 bits per heavy atom. The summed E-state index contributed by atoms with van der Waals surface area (Å²) >= 11 is 0. The van der Waals surface area contributed by atoms with Gasteiger partial charge in [0.1, 0.15) is 5.82 Å². The van der Waals surface area contributed by atoms with Gasteiger partial charge in [0.25, 0.3) is 0 Å². The van der Waals surface area contributed by atoms with Crippen molar-refractivity contribution in [1.82, 2.24) is 15.6 Å². The lowest BCUT2D eigenvalue weighted by molar-refractivity contribution is -0.122. The summed E-state index contributed by atoms with van der Waals surface area (Å²) in [6.07, 6.45) is 5.01.